The Balaban J connectivity index is 1.14. The highest BCUT2D eigenvalue weighted by atomic mass is 32.2. The zero-order valence-corrected chi connectivity index (χ0v) is 37.7. The molecule has 4 amide bonds. The van der Waals surface area contributed by atoms with E-state index < -0.39 is 79.9 Å². The molecule has 0 radical (unpaired) electrons. The van der Waals surface area contributed by atoms with E-state index in [0.29, 0.717) is 76.5 Å². The number of likely N-dealkylation sites (N-methyl/N-ethyl adjacent to an activating group) is 1. The van der Waals surface area contributed by atoms with E-state index >= 15 is 0 Å². The fourth-order valence-electron chi connectivity index (χ4n) is 8.27. The normalized spacial score (nSPS) is 24.5. The number of aromatic nitrogens is 1. The van der Waals surface area contributed by atoms with Crippen molar-refractivity contribution in [2.24, 2.45) is 28.9 Å². The molecular weight excluding hydrogens is 848 g/mol. The zero-order valence-electron chi connectivity index (χ0n) is 36.8. The molecular formula is C43H60F3N7O9S. The largest absolute Gasteiger partial charge is 0.489 e. The molecule has 2 aromatic rings. The number of halogens is 3. The summed E-state index contributed by atoms with van der Waals surface area (Å²) in [5.74, 6) is -1.62. The lowest BCUT2D eigenvalue weighted by atomic mass is 9.85. The number of alkyl halides is 3. The van der Waals surface area contributed by atoms with E-state index in [-0.39, 0.29) is 30.7 Å². The summed E-state index contributed by atoms with van der Waals surface area (Å²) in [6, 6.07) is 3.25. The summed E-state index contributed by atoms with van der Waals surface area (Å²) in [7, 11) is -1.78. The number of hydrazine groups is 1. The van der Waals surface area contributed by atoms with Gasteiger partial charge in [-0.25, -0.2) is 23.6 Å². The van der Waals surface area contributed by atoms with E-state index in [1.54, 1.807) is 20.0 Å². The fourth-order valence-corrected chi connectivity index (χ4v) is 9.63. The van der Waals surface area contributed by atoms with Crippen LogP contribution in [0.5, 0.6) is 11.6 Å². The van der Waals surface area contributed by atoms with Gasteiger partial charge in [0.2, 0.25) is 39.2 Å². The number of nitrogens with zero attached hydrogens (tertiary/aromatic N) is 3. The molecule has 0 spiro atoms. The van der Waals surface area contributed by atoms with Crippen LogP contribution in [-0.4, -0.2) is 104 Å². The number of carbonyl (C=O) groups is 4. The third-order valence-electron chi connectivity index (χ3n) is 13.2. The van der Waals surface area contributed by atoms with Crippen LogP contribution in [-0.2, 0) is 29.1 Å². The second-order valence-corrected chi connectivity index (χ2v) is 20.7. The number of benzene rings is 1. The van der Waals surface area contributed by atoms with E-state index in [1.165, 1.54) is 4.90 Å². The Morgan fingerprint density at radius 1 is 1.13 bits per heavy atom. The summed E-state index contributed by atoms with van der Waals surface area (Å²) in [6.45, 7) is 9.71. The number of ether oxygens (including phenoxy) is 3. The number of primary amides is 1. The first kappa shape index (κ1) is 47.6. The predicted octanol–water partition coefficient (Wildman–Crippen LogP) is 5.25. The second kappa shape index (κ2) is 18.0. The van der Waals surface area contributed by atoms with Gasteiger partial charge in [0, 0.05) is 30.4 Å². The predicted molar refractivity (Wildman–Crippen MR) is 228 cm³/mol. The van der Waals surface area contributed by atoms with Gasteiger partial charge in [0.05, 0.1) is 28.9 Å². The minimum absolute atomic E-state index is 0.0142. The lowest BCUT2D eigenvalue weighted by molar-refractivity contribution is -0.244. The molecule has 20 heteroatoms. The number of anilines is 1. The maximum Gasteiger partial charge on any atom is 0.427 e. The number of nitrogens with two attached hydrogens (primary N) is 1. The minimum atomic E-state index is -4.88. The number of rotatable bonds is 18. The maximum atomic E-state index is 14.6. The number of amides is 4. The van der Waals surface area contributed by atoms with E-state index in [2.05, 4.69) is 25.5 Å². The maximum absolute atomic E-state index is 14.6. The van der Waals surface area contributed by atoms with Crippen LogP contribution in [0.1, 0.15) is 92.9 Å². The number of carbonyl (C=O) groups excluding carboxylic acids is 4. The fraction of sp³-hybridized carbons (Fsp3) is 0.651. The summed E-state index contributed by atoms with van der Waals surface area (Å²) in [5, 5.41) is 1.44. The quantitative estimate of drug-likeness (QED) is 0.112. The average molecular weight is 908 g/mol. The van der Waals surface area contributed by atoms with Crippen molar-refractivity contribution in [3.05, 3.63) is 36.5 Å². The molecule has 0 bridgehead atoms. The van der Waals surface area contributed by atoms with Crippen LogP contribution in [0.4, 0.5) is 23.7 Å². The van der Waals surface area contributed by atoms with E-state index in [4.69, 9.17) is 19.9 Å². The topological polar surface area (TPSA) is 212 Å². The molecule has 1 aromatic heterocycles. The molecule has 3 fully saturated rings. The number of sulfonamides is 1. The van der Waals surface area contributed by atoms with Gasteiger partial charge in [-0.05, 0) is 95.2 Å². The molecule has 2 saturated carbocycles. The molecule has 5 N–H and O–H groups in total. The van der Waals surface area contributed by atoms with Gasteiger partial charge in [0.15, 0.2) is 5.75 Å². The zero-order chi connectivity index (χ0) is 46.3. The van der Waals surface area contributed by atoms with Crippen molar-refractivity contribution < 1.29 is 55.0 Å². The Labute approximate surface area is 366 Å². The van der Waals surface area contributed by atoms with Crippen molar-refractivity contribution in [2.75, 3.05) is 31.6 Å². The second-order valence-electron chi connectivity index (χ2n) is 18.6. The average Bonchev–Trinajstić information content (AvgIpc) is 4.07. The van der Waals surface area contributed by atoms with Crippen LogP contribution in [0.3, 0.4) is 0 Å². The number of fused-ring (bicyclic) bond motifs is 3. The Morgan fingerprint density at radius 3 is 2.49 bits per heavy atom. The summed E-state index contributed by atoms with van der Waals surface area (Å²) in [5.41, 5.74) is 7.90. The van der Waals surface area contributed by atoms with Crippen molar-refractivity contribution in [1.29, 1.82) is 0 Å². The lowest BCUT2D eigenvalue weighted by Crippen LogP contribution is -2.59. The van der Waals surface area contributed by atoms with E-state index in [1.807, 2.05) is 51.2 Å². The molecule has 2 aliphatic carbocycles. The standard InChI is InChI=1S/C43H60F3N7O9S/c1-8-26(21-25(2)11-9-10-12-27-23-42(27,6)38(56)51-63(58,59)41(5)16-17-41)33(49-50-39(57)62-40(3,4)43(44,45)46)37(55)53-24-28(22-32(53)35(47)54)61-36-30-13-14-31-34(29(30)15-18-48-36)60-20-19-52(31)7/h10,12-15,18,25-28,32-33,49H,8-9,11,16-17,19-24H2,1-7H3,(H2,47,54)(H,50,57)(H,51,56)/b12-10-/t25-,26-,27-,28-,32+,33+,42+/m1/s1. The van der Waals surface area contributed by atoms with Crippen molar-refractivity contribution in [2.45, 2.75) is 128 Å². The molecule has 3 heterocycles. The van der Waals surface area contributed by atoms with Gasteiger partial charge in [-0.15, -0.1) is 0 Å². The SMILES string of the molecule is CC[C@H](C[C@H](C)CC/C=C\[C@@H]1C[C@]1(C)C(=O)NS(=O)(=O)C1(C)CC1)[C@H](NNC(=O)OC(C)(C)C(F)(F)F)C(=O)N1C[C@H](Oc2nccc3c4c(ccc23)N(C)CCO4)C[C@H]1C(N)=O. The van der Waals surface area contributed by atoms with Gasteiger partial charge in [-0.3, -0.25) is 24.5 Å². The molecule has 6 rings (SSSR count). The van der Waals surface area contributed by atoms with Gasteiger partial charge in [0.1, 0.15) is 24.8 Å². The summed E-state index contributed by atoms with van der Waals surface area (Å²) in [4.78, 5) is 61.0. The van der Waals surface area contributed by atoms with Gasteiger partial charge >= 0.3 is 12.3 Å². The van der Waals surface area contributed by atoms with Gasteiger partial charge in [0.25, 0.3) is 0 Å². The molecule has 0 unspecified atom stereocenters. The van der Waals surface area contributed by atoms with Crippen LogP contribution >= 0.6 is 0 Å². The summed E-state index contributed by atoms with van der Waals surface area (Å²) in [6.07, 6.45) is 2.04. The third kappa shape index (κ3) is 10.3. The highest BCUT2D eigenvalue weighted by molar-refractivity contribution is 7.91. The first-order valence-corrected chi connectivity index (χ1v) is 23.0. The van der Waals surface area contributed by atoms with Crippen LogP contribution < -0.4 is 35.7 Å². The van der Waals surface area contributed by atoms with Crippen LogP contribution in [0.15, 0.2) is 36.5 Å². The number of likely N-dealkylation sites (tertiary alicyclic amines) is 1. The Bertz CT molecular complexity index is 2220. The molecule has 7 atom stereocenters. The lowest BCUT2D eigenvalue weighted by Gasteiger charge is -2.34. The molecule has 2 aliphatic heterocycles. The number of hydrogen-bond acceptors (Lipinski definition) is 12. The summed E-state index contributed by atoms with van der Waals surface area (Å²) >= 11 is 0. The smallest absolute Gasteiger partial charge is 0.427 e. The minimum Gasteiger partial charge on any atom is -0.489 e. The van der Waals surface area contributed by atoms with Crippen LogP contribution in [0.25, 0.3) is 10.8 Å². The van der Waals surface area contributed by atoms with E-state index in [9.17, 15) is 40.8 Å². The van der Waals surface area contributed by atoms with Crippen LogP contribution in [0.2, 0.25) is 0 Å². The number of pyridine rings is 1. The molecule has 348 valence electrons. The van der Waals surface area contributed by atoms with Gasteiger partial charge < -0.3 is 29.7 Å². The highest BCUT2D eigenvalue weighted by Crippen LogP contribution is 2.54. The van der Waals surface area contributed by atoms with Crippen LogP contribution in [0, 0.1) is 23.2 Å². The molecule has 1 saturated heterocycles. The molecule has 4 aliphatic rings. The van der Waals surface area contributed by atoms with Crippen molar-refractivity contribution in [3.63, 3.8) is 0 Å². The monoisotopic (exact) mass is 907 g/mol. The summed E-state index contributed by atoms with van der Waals surface area (Å²) < 4.78 is 84.4. The highest BCUT2D eigenvalue weighted by Gasteiger charge is 2.58. The van der Waals surface area contributed by atoms with Gasteiger partial charge in [-0.1, -0.05) is 39.3 Å². The Hall–Kier alpha value is -4.85. The Kier molecular flexibility index (Phi) is 13.6. The van der Waals surface area contributed by atoms with Gasteiger partial charge in [-0.2, -0.15) is 13.2 Å². The number of nitrogens with one attached hydrogen (secondary N) is 3. The molecule has 16 nitrogen and oxygen atoms in total. The van der Waals surface area contributed by atoms with Crippen molar-refractivity contribution in [1.82, 2.24) is 25.5 Å². The molecule has 1 aromatic carbocycles. The first-order chi connectivity index (χ1) is 29.4. The first-order valence-electron chi connectivity index (χ1n) is 21.5. The third-order valence-corrected chi connectivity index (χ3v) is 15.4. The number of allylic oxidation sites excluding steroid dienone is 2. The Morgan fingerprint density at radius 2 is 1.84 bits per heavy atom. The van der Waals surface area contributed by atoms with E-state index in [0.717, 1.165) is 17.6 Å². The molecule has 63 heavy (non-hydrogen) atoms. The number of hydrogen-bond donors (Lipinski definition) is 4. The van der Waals surface area contributed by atoms with Crippen molar-refractivity contribution in [3.8, 4) is 11.6 Å². The van der Waals surface area contributed by atoms with Crippen molar-refractivity contribution >= 4 is 50.3 Å².